The van der Waals surface area contributed by atoms with Gasteiger partial charge in [0.05, 0.1) is 11.0 Å². The van der Waals surface area contributed by atoms with Crippen molar-refractivity contribution >= 4 is 27.2 Å². The summed E-state index contributed by atoms with van der Waals surface area (Å²) in [6.07, 6.45) is 1.91. The molecule has 1 aliphatic heterocycles. The number of thiocarbonyl (C=S) groups is 1. The molecule has 7 heteroatoms. The molecule has 2 atom stereocenters. The molecule has 2 unspecified atom stereocenters. The van der Waals surface area contributed by atoms with E-state index in [-0.39, 0.29) is 21.9 Å². The Morgan fingerprint density at radius 3 is 2.95 bits per heavy atom. The number of hydrogen-bond donors (Lipinski definition) is 2. The minimum absolute atomic E-state index is 0.135. The van der Waals surface area contributed by atoms with Crippen molar-refractivity contribution in [3.8, 4) is 0 Å². The third-order valence-electron chi connectivity index (χ3n) is 3.71. The Hall–Kier alpha value is -1.02. The van der Waals surface area contributed by atoms with Gasteiger partial charge >= 0.3 is 0 Å². The fourth-order valence-corrected chi connectivity index (χ4v) is 3.76. The third-order valence-corrected chi connectivity index (χ3v) is 5.37. The van der Waals surface area contributed by atoms with E-state index in [0.717, 1.165) is 12.8 Å². The van der Waals surface area contributed by atoms with E-state index in [0.29, 0.717) is 18.7 Å². The molecule has 0 aromatic heterocycles. The second-order valence-corrected chi connectivity index (χ2v) is 7.32. The van der Waals surface area contributed by atoms with Crippen molar-refractivity contribution in [2.75, 3.05) is 13.2 Å². The van der Waals surface area contributed by atoms with Crippen LogP contribution in [0, 0.1) is 5.92 Å². The van der Waals surface area contributed by atoms with Crippen LogP contribution in [0.1, 0.15) is 25.3 Å². The highest BCUT2D eigenvalue weighted by Gasteiger charge is 2.28. The average molecular weight is 328 g/mol. The standard InChI is InChI=1S/C14H20N2O3S2/c1-2-13-11(6-7-19-13)9-16-21(17,18)12-5-3-4-10(8-12)14(15)20/h3-5,8,11,13,16H,2,6-7,9H2,1H3,(H2,15,20). The number of sulfonamides is 1. The lowest BCUT2D eigenvalue weighted by molar-refractivity contribution is 0.0884. The van der Waals surface area contributed by atoms with Gasteiger partial charge in [-0.15, -0.1) is 0 Å². The number of rotatable bonds is 6. The Labute approximate surface area is 130 Å². The van der Waals surface area contributed by atoms with Crippen LogP contribution in [0.25, 0.3) is 0 Å². The van der Waals surface area contributed by atoms with Crippen LogP contribution in [0.4, 0.5) is 0 Å². The molecule has 116 valence electrons. The first-order valence-corrected chi connectivity index (χ1v) is 8.84. The highest BCUT2D eigenvalue weighted by atomic mass is 32.2. The Morgan fingerprint density at radius 1 is 1.52 bits per heavy atom. The molecule has 21 heavy (non-hydrogen) atoms. The molecule has 1 aromatic rings. The van der Waals surface area contributed by atoms with Crippen molar-refractivity contribution in [2.24, 2.45) is 11.7 Å². The van der Waals surface area contributed by atoms with E-state index in [2.05, 4.69) is 4.72 Å². The van der Waals surface area contributed by atoms with E-state index >= 15 is 0 Å². The molecule has 0 radical (unpaired) electrons. The highest BCUT2D eigenvalue weighted by molar-refractivity contribution is 7.89. The molecular formula is C14H20N2O3S2. The molecule has 1 aromatic carbocycles. The zero-order valence-electron chi connectivity index (χ0n) is 11.9. The largest absolute Gasteiger partial charge is 0.389 e. The van der Waals surface area contributed by atoms with Gasteiger partial charge in [-0.1, -0.05) is 31.3 Å². The first-order chi connectivity index (χ1) is 9.94. The Morgan fingerprint density at radius 2 is 2.29 bits per heavy atom. The van der Waals surface area contributed by atoms with E-state index in [9.17, 15) is 8.42 Å². The molecule has 1 heterocycles. The predicted octanol–water partition coefficient (Wildman–Crippen LogP) is 1.41. The van der Waals surface area contributed by atoms with Crippen molar-refractivity contribution in [3.05, 3.63) is 29.8 Å². The van der Waals surface area contributed by atoms with Crippen LogP contribution in [0.5, 0.6) is 0 Å². The Kier molecular flexibility index (Phi) is 5.32. The predicted molar refractivity (Wildman–Crippen MR) is 85.7 cm³/mol. The quantitative estimate of drug-likeness (QED) is 0.772. The van der Waals surface area contributed by atoms with Crippen molar-refractivity contribution in [3.63, 3.8) is 0 Å². The van der Waals surface area contributed by atoms with Crippen molar-refractivity contribution < 1.29 is 13.2 Å². The summed E-state index contributed by atoms with van der Waals surface area (Å²) in [5.74, 6) is 0.226. The van der Waals surface area contributed by atoms with Crippen LogP contribution in [-0.2, 0) is 14.8 Å². The molecule has 0 amide bonds. The summed E-state index contributed by atoms with van der Waals surface area (Å²) in [7, 11) is -3.56. The van der Waals surface area contributed by atoms with Gasteiger partial charge in [0.1, 0.15) is 4.99 Å². The van der Waals surface area contributed by atoms with Crippen molar-refractivity contribution in [1.29, 1.82) is 0 Å². The third kappa shape index (κ3) is 4.00. The van der Waals surface area contributed by atoms with Gasteiger partial charge in [-0.2, -0.15) is 0 Å². The summed E-state index contributed by atoms with van der Waals surface area (Å²) in [6, 6.07) is 6.36. The lowest BCUT2D eigenvalue weighted by Gasteiger charge is -2.17. The summed E-state index contributed by atoms with van der Waals surface area (Å²) < 4.78 is 32.9. The molecule has 0 spiro atoms. The van der Waals surface area contributed by atoms with Gasteiger partial charge in [0, 0.05) is 24.6 Å². The molecular weight excluding hydrogens is 308 g/mol. The zero-order chi connectivity index (χ0) is 15.5. The second-order valence-electron chi connectivity index (χ2n) is 5.11. The minimum Gasteiger partial charge on any atom is -0.389 e. The Bertz CT molecular complexity index is 616. The number of benzene rings is 1. The van der Waals surface area contributed by atoms with E-state index in [1.165, 1.54) is 12.1 Å². The normalized spacial score (nSPS) is 22.3. The summed E-state index contributed by atoms with van der Waals surface area (Å²) >= 11 is 4.87. The van der Waals surface area contributed by atoms with Crippen LogP contribution in [-0.4, -0.2) is 32.7 Å². The number of hydrogen-bond acceptors (Lipinski definition) is 4. The smallest absolute Gasteiger partial charge is 0.240 e. The molecule has 1 saturated heterocycles. The molecule has 2 rings (SSSR count). The first-order valence-electron chi connectivity index (χ1n) is 6.95. The highest BCUT2D eigenvalue weighted by Crippen LogP contribution is 2.23. The molecule has 0 saturated carbocycles. The topological polar surface area (TPSA) is 81.4 Å². The molecule has 0 aliphatic carbocycles. The molecule has 5 nitrogen and oxygen atoms in total. The van der Waals surface area contributed by atoms with Crippen LogP contribution in [0.3, 0.4) is 0 Å². The molecule has 0 bridgehead atoms. The zero-order valence-corrected chi connectivity index (χ0v) is 13.5. The number of ether oxygens (including phenoxy) is 1. The van der Waals surface area contributed by atoms with Crippen LogP contribution >= 0.6 is 12.2 Å². The monoisotopic (exact) mass is 328 g/mol. The fraction of sp³-hybridized carbons (Fsp3) is 0.500. The molecule has 1 aliphatic rings. The van der Waals surface area contributed by atoms with Crippen LogP contribution in [0.15, 0.2) is 29.2 Å². The van der Waals surface area contributed by atoms with Crippen LogP contribution in [0.2, 0.25) is 0 Å². The van der Waals surface area contributed by atoms with Gasteiger partial charge in [-0.3, -0.25) is 0 Å². The second kappa shape index (κ2) is 6.83. The summed E-state index contributed by atoms with van der Waals surface area (Å²) in [5.41, 5.74) is 6.08. The van der Waals surface area contributed by atoms with Crippen LogP contribution < -0.4 is 10.5 Å². The summed E-state index contributed by atoms with van der Waals surface area (Å²) in [4.78, 5) is 0.363. The minimum atomic E-state index is -3.56. The Balaban J connectivity index is 2.08. The molecule has 3 N–H and O–H groups in total. The van der Waals surface area contributed by atoms with Gasteiger partial charge < -0.3 is 10.5 Å². The lowest BCUT2D eigenvalue weighted by atomic mass is 10.0. The fourth-order valence-electron chi connectivity index (χ4n) is 2.49. The lowest BCUT2D eigenvalue weighted by Crippen LogP contribution is -2.32. The van der Waals surface area contributed by atoms with E-state index in [1.54, 1.807) is 12.1 Å². The summed E-state index contributed by atoms with van der Waals surface area (Å²) in [5, 5.41) is 0. The van der Waals surface area contributed by atoms with Gasteiger partial charge in [-0.25, -0.2) is 13.1 Å². The van der Waals surface area contributed by atoms with E-state index in [1.807, 2.05) is 6.92 Å². The maximum atomic E-state index is 12.3. The van der Waals surface area contributed by atoms with Gasteiger partial charge in [-0.05, 0) is 25.0 Å². The number of nitrogens with one attached hydrogen (secondary N) is 1. The first kappa shape index (κ1) is 16.4. The van der Waals surface area contributed by atoms with E-state index < -0.39 is 10.0 Å². The maximum absolute atomic E-state index is 12.3. The van der Waals surface area contributed by atoms with Crippen molar-refractivity contribution in [2.45, 2.75) is 30.8 Å². The number of nitrogens with two attached hydrogens (primary N) is 1. The van der Waals surface area contributed by atoms with Gasteiger partial charge in [0.2, 0.25) is 10.0 Å². The van der Waals surface area contributed by atoms with E-state index in [4.69, 9.17) is 22.7 Å². The SMILES string of the molecule is CCC1OCCC1CNS(=O)(=O)c1cccc(C(N)=S)c1. The van der Waals surface area contributed by atoms with Crippen molar-refractivity contribution in [1.82, 2.24) is 4.72 Å². The average Bonchev–Trinajstić information content (AvgIpc) is 2.93. The molecule has 1 fully saturated rings. The summed E-state index contributed by atoms with van der Waals surface area (Å²) in [6.45, 7) is 3.13. The van der Waals surface area contributed by atoms with Gasteiger partial charge in [0.15, 0.2) is 0 Å². The maximum Gasteiger partial charge on any atom is 0.240 e. The van der Waals surface area contributed by atoms with Gasteiger partial charge in [0.25, 0.3) is 0 Å².